The summed E-state index contributed by atoms with van der Waals surface area (Å²) in [4.78, 5) is 31.5. The molecule has 0 spiro atoms. The standard InChI is InChI=1S/C29H29F4N5O3S/c30-22-7-3-20(4-8-22)25-18-24(26-2-1-17-42-26)35-38(25)27(39)19-37(12-11-36-13-15-41-16-14-36)28(40)34-23-9-5-21(6-10-23)29(31,32)33/h1-10,17,25H,11-16,18-19H2,(H,34,40)/t25-/m1/s1. The van der Waals surface area contributed by atoms with Crippen molar-refractivity contribution in [1.82, 2.24) is 14.8 Å². The molecule has 1 aromatic heterocycles. The van der Waals surface area contributed by atoms with Gasteiger partial charge in [-0.25, -0.2) is 14.2 Å². The maximum Gasteiger partial charge on any atom is 0.416 e. The van der Waals surface area contributed by atoms with Crippen LogP contribution < -0.4 is 5.32 Å². The lowest BCUT2D eigenvalue weighted by Gasteiger charge is -2.31. The molecule has 2 aliphatic heterocycles. The van der Waals surface area contributed by atoms with E-state index in [2.05, 4.69) is 15.3 Å². The third-order valence-electron chi connectivity index (χ3n) is 7.09. The Morgan fingerprint density at radius 1 is 1.05 bits per heavy atom. The summed E-state index contributed by atoms with van der Waals surface area (Å²) in [7, 11) is 0. The van der Waals surface area contributed by atoms with Crippen LogP contribution in [0.4, 0.5) is 28.0 Å². The summed E-state index contributed by atoms with van der Waals surface area (Å²) in [5, 5.41) is 10.5. The summed E-state index contributed by atoms with van der Waals surface area (Å²) in [6.45, 7) is 2.81. The van der Waals surface area contributed by atoms with Crippen molar-refractivity contribution in [3.05, 3.63) is 87.9 Å². The van der Waals surface area contributed by atoms with E-state index >= 15 is 0 Å². The van der Waals surface area contributed by atoms with E-state index in [0.717, 1.165) is 17.0 Å². The number of ether oxygens (including phenoxy) is 1. The number of rotatable bonds is 8. The monoisotopic (exact) mass is 603 g/mol. The first-order valence-corrected chi connectivity index (χ1v) is 14.3. The number of hydrogen-bond acceptors (Lipinski definition) is 6. The molecule has 0 saturated carbocycles. The molecule has 5 rings (SSSR count). The van der Waals surface area contributed by atoms with E-state index < -0.39 is 35.5 Å². The maximum absolute atomic E-state index is 13.8. The Kier molecular flexibility index (Phi) is 9.19. The molecule has 1 saturated heterocycles. The molecule has 42 heavy (non-hydrogen) atoms. The van der Waals surface area contributed by atoms with E-state index in [9.17, 15) is 27.2 Å². The summed E-state index contributed by atoms with van der Waals surface area (Å²) in [6.07, 6.45) is -4.08. The zero-order valence-corrected chi connectivity index (χ0v) is 23.3. The van der Waals surface area contributed by atoms with Crippen molar-refractivity contribution in [2.24, 2.45) is 5.10 Å². The minimum absolute atomic E-state index is 0.167. The van der Waals surface area contributed by atoms with E-state index in [0.29, 0.717) is 50.5 Å². The molecule has 0 radical (unpaired) electrons. The first-order valence-electron chi connectivity index (χ1n) is 13.4. The highest BCUT2D eigenvalue weighted by atomic mass is 32.1. The van der Waals surface area contributed by atoms with Gasteiger partial charge in [0.15, 0.2) is 0 Å². The number of carbonyl (C=O) groups is 2. The Balaban J connectivity index is 1.35. The summed E-state index contributed by atoms with van der Waals surface area (Å²) < 4.78 is 58.0. The number of thiophene rings is 1. The van der Waals surface area contributed by atoms with Gasteiger partial charge in [0.2, 0.25) is 0 Å². The van der Waals surface area contributed by atoms with Gasteiger partial charge in [-0.3, -0.25) is 9.69 Å². The van der Waals surface area contributed by atoms with Crippen molar-refractivity contribution in [3.63, 3.8) is 0 Å². The van der Waals surface area contributed by atoms with Crippen LogP contribution in [0, 0.1) is 5.82 Å². The number of hydrazone groups is 1. The molecular formula is C29H29F4N5O3S. The summed E-state index contributed by atoms with van der Waals surface area (Å²) in [6, 6.07) is 12.7. The maximum atomic E-state index is 13.8. The van der Waals surface area contributed by atoms with Crippen molar-refractivity contribution in [2.45, 2.75) is 18.6 Å². The fraction of sp³-hybridized carbons (Fsp3) is 0.345. The van der Waals surface area contributed by atoms with Crippen LogP contribution in [-0.2, 0) is 15.7 Å². The predicted molar refractivity (Wildman–Crippen MR) is 151 cm³/mol. The number of nitrogens with one attached hydrogen (secondary N) is 1. The third kappa shape index (κ3) is 7.33. The van der Waals surface area contributed by atoms with Crippen molar-refractivity contribution < 1.29 is 31.9 Å². The lowest BCUT2D eigenvalue weighted by molar-refractivity contribution is -0.137. The number of urea groups is 1. The van der Waals surface area contributed by atoms with Gasteiger partial charge in [-0.2, -0.15) is 18.3 Å². The molecule has 2 aromatic carbocycles. The summed E-state index contributed by atoms with van der Waals surface area (Å²) >= 11 is 1.49. The molecule has 0 bridgehead atoms. The van der Waals surface area contributed by atoms with Crippen molar-refractivity contribution in [1.29, 1.82) is 0 Å². The Morgan fingerprint density at radius 3 is 2.40 bits per heavy atom. The number of amides is 3. The second-order valence-electron chi connectivity index (χ2n) is 9.91. The molecule has 3 heterocycles. The number of alkyl halides is 3. The number of nitrogens with zero attached hydrogens (tertiary/aromatic N) is 4. The molecule has 0 unspecified atom stereocenters. The zero-order chi connectivity index (χ0) is 29.7. The lowest BCUT2D eigenvalue weighted by atomic mass is 10.0. The van der Waals surface area contributed by atoms with Crippen LogP contribution in [0.3, 0.4) is 0 Å². The minimum atomic E-state index is -4.50. The molecule has 8 nitrogen and oxygen atoms in total. The van der Waals surface area contributed by atoms with Crippen LogP contribution in [0.5, 0.6) is 0 Å². The number of anilines is 1. The average molecular weight is 604 g/mol. The Hall–Kier alpha value is -3.81. The number of hydrogen-bond donors (Lipinski definition) is 1. The van der Waals surface area contributed by atoms with Crippen LogP contribution in [0.15, 0.2) is 71.1 Å². The largest absolute Gasteiger partial charge is 0.416 e. The molecule has 1 N–H and O–H groups in total. The lowest BCUT2D eigenvalue weighted by Crippen LogP contribution is -2.47. The van der Waals surface area contributed by atoms with Crippen LogP contribution in [0.1, 0.15) is 28.5 Å². The second kappa shape index (κ2) is 13.0. The van der Waals surface area contributed by atoms with E-state index in [1.165, 1.54) is 45.5 Å². The number of carbonyl (C=O) groups excluding carboxylic acids is 2. The van der Waals surface area contributed by atoms with E-state index in [1.54, 1.807) is 12.1 Å². The molecule has 0 aliphatic carbocycles. The average Bonchev–Trinajstić information content (AvgIpc) is 3.67. The van der Waals surface area contributed by atoms with Crippen molar-refractivity contribution in [2.75, 3.05) is 51.3 Å². The number of benzene rings is 2. The molecule has 13 heteroatoms. The predicted octanol–water partition coefficient (Wildman–Crippen LogP) is 5.45. The van der Waals surface area contributed by atoms with Gasteiger partial charge in [0.1, 0.15) is 12.4 Å². The molecule has 222 valence electrons. The van der Waals surface area contributed by atoms with Gasteiger partial charge in [0, 0.05) is 38.3 Å². The molecule has 3 aromatic rings. The highest BCUT2D eigenvalue weighted by molar-refractivity contribution is 7.12. The summed E-state index contributed by atoms with van der Waals surface area (Å²) in [5.74, 6) is -0.844. The highest BCUT2D eigenvalue weighted by Crippen LogP contribution is 2.34. The van der Waals surface area contributed by atoms with Crippen LogP contribution in [0.2, 0.25) is 0 Å². The zero-order valence-electron chi connectivity index (χ0n) is 22.5. The summed E-state index contributed by atoms with van der Waals surface area (Å²) in [5.41, 5.74) is 0.746. The SMILES string of the molecule is O=C(Nc1ccc(C(F)(F)F)cc1)N(CCN1CCOCC1)CC(=O)N1N=C(c2cccs2)C[C@@H]1c1ccc(F)cc1. The topological polar surface area (TPSA) is 77.5 Å². The smallest absolute Gasteiger partial charge is 0.379 e. The van der Waals surface area contributed by atoms with Crippen LogP contribution in [0.25, 0.3) is 0 Å². The molecule has 1 atom stereocenters. The molecule has 1 fully saturated rings. The van der Waals surface area contributed by atoms with Crippen LogP contribution >= 0.6 is 11.3 Å². The quantitative estimate of drug-likeness (QED) is 0.348. The molecule has 2 aliphatic rings. The van der Waals surface area contributed by atoms with Gasteiger partial charge in [-0.15, -0.1) is 11.3 Å². The number of halogens is 4. The van der Waals surface area contributed by atoms with Gasteiger partial charge < -0.3 is 15.0 Å². The Labute approximate surface area is 244 Å². The normalized spacial score (nSPS) is 17.7. The highest BCUT2D eigenvalue weighted by Gasteiger charge is 2.35. The fourth-order valence-corrected chi connectivity index (χ4v) is 5.52. The van der Waals surface area contributed by atoms with Crippen molar-refractivity contribution in [3.8, 4) is 0 Å². The van der Waals surface area contributed by atoms with Crippen molar-refractivity contribution >= 4 is 34.7 Å². The van der Waals surface area contributed by atoms with E-state index in [-0.39, 0.29) is 18.8 Å². The second-order valence-corrected chi connectivity index (χ2v) is 10.9. The van der Waals surface area contributed by atoms with E-state index in [4.69, 9.17) is 4.74 Å². The molecular weight excluding hydrogens is 574 g/mol. The fourth-order valence-electron chi connectivity index (χ4n) is 4.80. The minimum Gasteiger partial charge on any atom is -0.379 e. The van der Waals surface area contributed by atoms with E-state index in [1.807, 2.05) is 17.5 Å². The number of morpholine rings is 1. The first-order chi connectivity index (χ1) is 20.2. The van der Waals surface area contributed by atoms with Gasteiger partial charge in [-0.05, 0) is 53.4 Å². The van der Waals surface area contributed by atoms with Gasteiger partial charge >= 0.3 is 12.2 Å². The van der Waals surface area contributed by atoms with Gasteiger partial charge in [-0.1, -0.05) is 18.2 Å². The van der Waals surface area contributed by atoms with Gasteiger partial charge in [0.25, 0.3) is 5.91 Å². The van der Waals surface area contributed by atoms with Gasteiger partial charge in [0.05, 0.1) is 35.4 Å². The third-order valence-corrected chi connectivity index (χ3v) is 8.01. The molecule has 3 amide bonds. The van der Waals surface area contributed by atoms with Crippen LogP contribution in [-0.4, -0.2) is 78.4 Å². The first kappa shape index (κ1) is 29.7. The Morgan fingerprint density at radius 2 is 1.76 bits per heavy atom. The Bertz CT molecular complexity index is 1390.